The average molecular weight is 278 g/mol. The van der Waals surface area contributed by atoms with E-state index in [9.17, 15) is 8.78 Å². The molecular weight excluding hydrogens is 262 g/mol. The van der Waals surface area contributed by atoms with E-state index in [0.717, 1.165) is 37.2 Å². The van der Waals surface area contributed by atoms with Gasteiger partial charge in [-0.2, -0.15) is 0 Å². The maximum Gasteiger partial charge on any atom is 0.219 e. The summed E-state index contributed by atoms with van der Waals surface area (Å²) in [6.07, 6.45) is 2.77. The molecule has 1 heterocycles. The lowest BCUT2D eigenvalue weighted by Gasteiger charge is -2.06. The first-order valence-electron chi connectivity index (χ1n) is 6.47. The van der Waals surface area contributed by atoms with E-state index in [0.29, 0.717) is 5.88 Å². The number of aromatic nitrogens is 1. The second-order valence-electron chi connectivity index (χ2n) is 4.36. The first kappa shape index (κ1) is 14.4. The smallest absolute Gasteiger partial charge is 0.219 e. The van der Waals surface area contributed by atoms with E-state index in [-0.39, 0.29) is 5.75 Å². The number of nitrogens with zero attached hydrogens (tertiary/aromatic N) is 1. The van der Waals surface area contributed by atoms with Crippen LogP contribution in [0.1, 0.15) is 18.9 Å². The summed E-state index contributed by atoms with van der Waals surface area (Å²) in [6.45, 7) is 3.80. The SMILES string of the molecule is CCCNCc1ccc(Oc2ccc(F)c(F)c2)nc1. The molecule has 1 N–H and O–H groups in total. The predicted molar refractivity (Wildman–Crippen MR) is 72.7 cm³/mol. The fourth-order valence-corrected chi connectivity index (χ4v) is 1.65. The van der Waals surface area contributed by atoms with Gasteiger partial charge in [-0.3, -0.25) is 0 Å². The Bertz CT molecular complexity index is 558. The summed E-state index contributed by atoms with van der Waals surface area (Å²) in [7, 11) is 0. The second-order valence-corrected chi connectivity index (χ2v) is 4.36. The van der Waals surface area contributed by atoms with Crippen molar-refractivity contribution in [2.45, 2.75) is 19.9 Å². The molecule has 0 unspecified atom stereocenters. The summed E-state index contributed by atoms with van der Waals surface area (Å²) in [4.78, 5) is 4.13. The molecule has 0 radical (unpaired) electrons. The van der Waals surface area contributed by atoms with Crippen LogP contribution in [0, 0.1) is 11.6 Å². The largest absolute Gasteiger partial charge is 0.439 e. The predicted octanol–water partition coefficient (Wildman–Crippen LogP) is 3.65. The van der Waals surface area contributed by atoms with Crippen LogP contribution in [0.15, 0.2) is 36.5 Å². The molecule has 3 nitrogen and oxygen atoms in total. The lowest BCUT2D eigenvalue weighted by Crippen LogP contribution is -2.13. The molecule has 0 aliphatic rings. The van der Waals surface area contributed by atoms with Crippen molar-refractivity contribution in [2.75, 3.05) is 6.54 Å². The zero-order chi connectivity index (χ0) is 14.4. The van der Waals surface area contributed by atoms with Crippen LogP contribution in [0.4, 0.5) is 8.78 Å². The van der Waals surface area contributed by atoms with Crippen LogP contribution in [-0.4, -0.2) is 11.5 Å². The van der Waals surface area contributed by atoms with E-state index in [1.807, 2.05) is 6.07 Å². The molecule has 0 saturated heterocycles. The summed E-state index contributed by atoms with van der Waals surface area (Å²) in [5.41, 5.74) is 1.04. The molecule has 0 aliphatic heterocycles. The summed E-state index contributed by atoms with van der Waals surface area (Å²) >= 11 is 0. The third kappa shape index (κ3) is 3.99. The van der Waals surface area contributed by atoms with E-state index in [1.165, 1.54) is 6.07 Å². The van der Waals surface area contributed by atoms with Crippen LogP contribution in [0.2, 0.25) is 0 Å². The number of halogens is 2. The van der Waals surface area contributed by atoms with Gasteiger partial charge < -0.3 is 10.1 Å². The molecule has 0 fully saturated rings. The van der Waals surface area contributed by atoms with Gasteiger partial charge in [0, 0.05) is 24.9 Å². The number of nitrogens with one attached hydrogen (secondary N) is 1. The maximum absolute atomic E-state index is 13.0. The number of hydrogen-bond acceptors (Lipinski definition) is 3. The summed E-state index contributed by atoms with van der Waals surface area (Å²) < 4.78 is 31.2. The first-order chi connectivity index (χ1) is 9.69. The Morgan fingerprint density at radius 2 is 2.00 bits per heavy atom. The number of benzene rings is 1. The van der Waals surface area contributed by atoms with Crippen molar-refractivity contribution >= 4 is 0 Å². The number of rotatable bonds is 6. The lowest BCUT2D eigenvalue weighted by molar-refractivity contribution is 0.447. The van der Waals surface area contributed by atoms with Gasteiger partial charge in [0.15, 0.2) is 11.6 Å². The Kier molecular flexibility index (Phi) is 5.01. The van der Waals surface area contributed by atoms with Crippen molar-refractivity contribution in [3.05, 3.63) is 53.7 Å². The summed E-state index contributed by atoms with van der Waals surface area (Å²) in [5.74, 6) is -1.28. The molecule has 0 aliphatic carbocycles. The minimum absolute atomic E-state index is 0.216. The normalized spacial score (nSPS) is 10.6. The fourth-order valence-electron chi connectivity index (χ4n) is 1.65. The van der Waals surface area contributed by atoms with E-state index in [1.54, 1.807) is 12.3 Å². The highest BCUT2D eigenvalue weighted by atomic mass is 19.2. The molecule has 0 spiro atoms. The Hall–Kier alpha value is -2.01. The van der Waals surface area contributed by atoms with Crippen LogP contribution >= 0.6 is 0 Å². The van der Waals surface area contributed by atoms with E-state index in [2.05, 4.69) is 17.2 Å². The molecule has 2 rings (SSSR count). The lowest BCUT2D eigenvalue weighted by atomic mass is 10.3. The van der Waals surface area contributed by atoms with Gasteiger partial charge in [0.05, 0.1) is 0 Å². The van der Waals surface area contributed by atoms with Crippen molar-refractivity contribution in [3.63, 3.8) is 0 Å². The van der Waals surface area contributed by atoms with Crippen molar-refractivity contribution in [1.29, 1.82) is 0 Å². The molecule has 0 atom stereocenters. The molecule has 20 heavy (non-hydrogen) atoms. The third-order valence-electron chi connectivity index (χ3n) is 2.67. The number of ether oxygens (including phenoxy) is 1. The topological polar surface area (TPSA) is 34.1 Å². The minimum atomic E-state index is -0.942. The van der Waals surface area contributed by atoms with Gasteiger partial charge in [0.1, 0.15) is 5.75 Å². The first-order valence-corrected chi connectivity index (χ1v) is 6.47. The molecular formula is C15H16F2N2O. The van der Waals surface area contributed by atoms with Crippen LogP contribution in [0.25, 0.3) is 0 Å². The minimum Gasteiger partial charge on any atom is -0.439 e. The van der Waals surface area contributed by atoms with Crippen LogP contribution in [-0.2, 0) is 6.54 Å². The van der Waals surface area contributed by atoms with Crippen molar-refractivity contribution in [1.82, 2.24) is 10.3 Å². The Morgan fingerprint density at radius 1 is 1.15 bits per heavy atom. The maximum atomic E-state index is 13.0. The van der Waals surface area contributed by atoms with E-state index >= 15 is 0 Å². The van der Waals surface area contributed by atoms with E-state index < -0.39 is 11.6 Å². The quantitative estimate of drug-likeness (QED) is 0.819. The van der Waals surface area contributed by atoms with Crippen LogP contribution < -0.4 is 10.1 Å². The van der Waals surface area contributed by atoms with Gasteiger partial charge in [-0.15, -0.1) is 0 Å². The van der Waals surface area contributed by atoms with Gasteiger partial charge in [-0.25, -0.2) is 13.8 Å². The molecule has 0 saturated carbocycles. The Labute approximate surface area is 116 Å². The van der Waals surface area contributed by atoms with Gasteiger partial charge in [-0.05, 0) is 30.7 Å². The molecule has 5 heteroatoms. The van der Waals surface area contributed by atoms with Crippen molar-refractivity contribution < 1.29 is 13.5 Å². The fraction of sp³-hybridized carbons (Fsp3) is 0.267. The highest BCUT2D eigenvalue weighted by molar-refractivity contribution is 5.28. The Morgan fingerprint density at radius 3 is 2.65 bits per heavy atom. The van der Waals surface area contributed by atoms with Crippen molar-refractivity contribution in [3.8, 4) is 11.6 Å². The van der Waals surface area contributed by atoms with Gasteiger partial charge in [0.25, 0.3) is 0 Å². The van der Waals surface area contributed by atoms with Gasteiger partial charge >= 0.3 is 0 Å². The van der Waals surface area contributed by atoms with E-state index in [4.69, 9.17) is 4.74 Å². The number of pyridine rings is 1. The standard InChI is InChI=1S/C15H16F2N2O/c1-2-7-18-9-11-3-6-15(19-10-11)20-12-4-5-13(16)14(17)8-12/h3-6,8,10,18H,2,7,9H2,1H3. The molecule has 1 aromatic heterocycles. The molecule has 106 valence electrons. The molecule has 0 bridgehead atoms. The summed E-state index contributed by atoms with van der Waals surface area (Å²) in [6, 6.07) is 6.95. The van der Waals surface area contributed by atoms with Crippen LogP contribution in [0.5, 0.6) is 11.6 Å². The average Bonchev–Trinajstić information content (AvgIpc) is 2.45. The van der Waals surface area contributed by atoms with Crippen LogP contribution in [0.3, 0.4) is 0 Å². The highest BCUT2D eigenvalue weighted by Crippen LogP contribution is 2.21. The highest BCUT2D eigenvalue weighted by Gasteiger charge is 2.05. The second kappa shape index (κ2) is 6.96. The van der Waals surface area contributed by atoms with Gasteiger partial charge in [0.2, 0.25) is 5.88 Å². The monoisotopic (exact) mass is 278 g/mol. The molecule has 0 amide bonds. The Balaban J connectivity index is 1.97. The zero-order valence-electron chi connectivity index (χ0n) is 11.2. The molecule has 1 aromatic carbocycles. The third-order valence-corrected chi connectivity index (χ3v) is 2.67. The zero-order valence-corrected chi connectivity index (χ0v) is 11.2. The number of hydrogen-bond donors (Lipinski definition) is 1. The van der Waals surface area contributed by atoms with Gasteiger partial charge in [-0.1, -0.05) is 13.0 Å². The molecule has 2 aromatic rings. The van der Waals surface area contributed by atoms with Crippen molar-refractivity contribution in [2.24, 2.45) is 0 Å². The summed E-state index contributed by atoms with van der Waals surface area (Å²) in [5, 5.41) is 3.26.